The van der Waals surface area contributed by atoms with Gasteiger partial charge in [0.05, 0.1) is 0 Å². The fourth-order valence-corrected chi connectivity index (χ4v) is 4.40. The van der Waals surface area contributed by atoms with Gasteiger partial charge in [-0.3, -0.25) is 9.59 Å². The fourth-order valence-electron chi connectivity index (χ4n) is 2.17. The molecule has 0 fully saturated rings. The third-order valence-corrected chi connectivity index (χ3v) is 6.63. The van der Waals surface area contributed by atoms with Crippen LogP contribution in [-0.2, 0) is 22.7 Å². The van der Waals surface area contributed by atoms with E-state index in [-0.39, 0.29) is 11.8 Å². The number of benzene rings is 2. The number of nitrogens with one attached hydrogen (secondary N) is 2. The molecule has 2 aromatic carbocycles. The average Bonchev–Trinajstić information content (AvgIpc) is 2.69. The van der Waals surface area contributed by atoms with Gasteiger partial charge >= 0.3 is 0 Å². The second-order valence-electron chi connectivity index (χ2n) is 5.95. The number of halogens is 2. The third-order valence-electron chi connectivity index (χ3n) is 3.71. The Morgan fingerprint density at radius 1 is 0.679 bits per heavy atom. The molecule has 0 aromatic heterocycles. The predicted octanol–water partition coefficient (Wildman–Crippen LogP) is 5.09. The van der Waals surface area contributed by atoms with Crippen molar-refractivity contribution in [1.29, 1.82) is 0 Å². The Morgan fingerprint density at radius 2 is 1.04 bits per heavy atom. The van der Waals surface area contributed by atoms with Crippen molar-refractivity contribution in [1.82, 2.24) is 10.6 Å². The molecule has 2 aromatic rings. The molecule has 0 aliphatic rings. The maximum Gasteiger partial charge on any atom is 0.221 e. The van der Waals surface area contributed by atoms with Crippen LogP contribution in [0.2, 0.25) is 10.0 Å². The number of rotatable bonds is 11. The molecule has 2 N–H and O–H groups in total. The lowest BCUT2D eigenvalue weighted by Crippen LogP contribution is -2.23. The minimum Gasteiger partial charge on any atom is -0.352 e. The summed E-state index contributed by atoms with van der Waals surface area (Å²) in [6.45, 7) is 1.00. The average molecular weight is 457 g/mol. The van der Waals surface area contributed by atoms with Crippen LogP contribution < -0.4 is 10.6 Å². The second-order valence-corrected chi connectivity index (χ2v) is 9.53. The van der Waals surface area contributed by atoms with Gasteiger partial charge in [0, 0.05) is 47.5 Å². The van der Waals surface area contributed by atoms with Gasteiger partial charge in [-0.25, -0.2) is 0 Å². The first-order valence-electron chi connectivity index (χ1n) is 8.79. The van der Waals surface area contributed by atoms with Crippen LogP contribution in [0.5, 0.6) is 0 Å². The molecule has 8 heteroatoms. The smallest absolute Gasteiger partial charge is 0.221 e. The van der Waals surface area contributed by atoms with E-state index in [1.165, 1.54) is 0 Å². The lowest BCUT2D eigenvalue weighted by Gasteiger charge is -2.06. The number of hydrogen-bond donors (Lipinski definition) is 2. The van der Waals surface area contributed by atoms with Crippen molar-refractivity contribution >= 4 is 56.6 Å². The largest absolute Gasteiger partial charge is 0.352 e. The van der Waals surface area contributed by atoms with Gasteiger partial charge in [-0.2, -0.15) is 0 Å². The van der Waals surface area contributed by atoms with Gasteiger partial charge in [0.25, 0.3) is 0 Å². The molecule has 2 amide bonds. The van der Waals surface area contributed by atoms with E-state index in [4.69, 9.17) is 23.2 Å². The van der Waals surface area contributed by atoms with E-state index >= 15 is 0 Å². The van der Waals surface area contributed by atoms with Crippen molar-refractivity contribution in [2.45, 2.75) is 25.9 Å². The Kier molecular flexibility index (Phi) is 10.6. The van der Waals surface area contributed by atoms with Crippen molar-refractivity contribution in [2.75, 3.05) is 11.5 Å². The normalized spacial score (nSPS) is 10.5. The van der Waals surface area contributed by atoms with E-state index in [1.807, 2.05) is 24.3 Å². The van der Waals surface area contributed by atoms with Crippen LogP contribution in [-0.4, -0.2) is 23.3 Å². The lowest BCUT2D eigenvalue weighted by atomic mass is 10.2. The van der Waals surface area contributed by atoms with Gasteiger partial charge in [-0.1, -0.05) is 69.1 Å². The SMILES string of the molecule is O=C(CCSSCCC(=O)NCc1ccc(Cl)cc1)NCc1ccc(Cl)cc1. The summed E-state index contributed by atoms with van der Waals surface area (Å²) in [5.41, 5.74) is 2.04. The summed E-state index contributed by atoms with van der Waals surface area (Å²) in [5, 5.41) is 7.14. The van der Waals surface area contributed by atoms with Gasteiger partial charge in [0.15, 0.2) is 0 Å². The first-order chi connectivity index (χ1) is 13.5. The lowest BCUT2D eigenvalue weighted by molar-refractivity contribution is -0.121. The van der Waals surface area contributed by atoms with Crippen molar-refractivity contribution < 1.29 is 9.59 Å². The molecule has 4 nitrogen and oxygen atoms in total. The van der Waals surface area contributed by atoms with Crippen LogP contribution in [0.15, 0.2) is 48.5 Å². The number of hydrogen-bond acceptors (Lipinski definition) is 4. The summed E-state index contributed by atoms with van der Waals surface area (Å²) in [6.07, 6.45) is 0.905. The first-order valence-corrected chi connectivity index (χ1v) is 12.0. The Bertz CT molecular complexity index is 690. The molecule has 2 rings (SSSR count). The molecular formula is C20H22Cl2N2O2S2. The minimum atomic E-state index is 0.0174. The van der Waals surface area contributed by atoms with Gasteiger partial charge in [0.2, 0.25) is 11.8 Å². The topological polar surface area (TPSA) is 58.2 Å². The summed E-state index contributed by atoms with van der Waals surface area (Å²) in [7, 11) is 3.21. The quantitative estimate of drug-likeness (QED) is 0.365. The van der Waals surface area contributed by atoms with Crippen LogP contribution in [0, 0.1) is 0 Å². The summed E-state index contributed by atoms with van der Waals surface area (Å²) < 4.78 is 0. The molecule has 0 radical (unpaired) electrons. The van der Waals surface area contributed by atoms with E-state index in [0.717, 1.165) is 11.1 Å². The zero-order chi connectivity index (χ0) is 20.2. The molecule has 0 bridgehead atoms. The Balaban J connectivity index is 1.47. The summed E-state index contributed by atoms with van der Waals surface area (Å²) in [6, 6.07) is 14.8. The number of carbonyl (C=O) groups is 2. The van der Waals surface area contributed by atoms with Gasteiger partial charge in [-0.05, 0) is 35.4 Å². The van der Waals surface area contributed by atoms with E-state index in [9.17, 15) is 9.59 Å². The van der Waals surface area contributed by atoms with Crippen LogP contribution in [0.4, 0.5) is 0 Å². The molecule has 0 aliphatic carbocycles. The Labute approximate surface area is 183 Å². The van der Waals surface area contributed by atoms with Crippen molar-refractivity contribution in [3.8, 4) is 0 Å². The second kappa shape index (κ2) is 13.0. The van der Waals surface area contributed by atoms with E-state index in [1.54, 1.807) is 45.9 Å². The van der Waals surface area contributed by atoms with Crippen LogP contribution >= 0.6 is 44.8 Å². The predicted molar refractivity (Wildman–Crippen MR) is 121 cm³/mol. The molecule has 0 aliphatic heterocycles. The van der Waals surface area contributed by atoms with Gasteiger partial charge in [0.1, 0.15) is 0 Å². The van der Waals surface area contributed by atoms with E-state index < -0.39 is 0 Å². The molecule has 0 saturated carbocycles. The van der Waals surface area contributed by atoms with Crippen molar-refractivity contribution in [3.05, 3.63) is 69.7 Å². The maximum absolute atomic E-state index is 11.8. The number of carbonyl (C=O) groups excluding carboxylic acids is 2. The first kappa shape index (κ1) is 22.9. The molecular weight excluding hydrogens is 435 g/mol. The van der Waals surface area contributed by atoms with Crippen molar-refractivity contribution in [2.24, 2.45) is 0 Å². The molecule has 0 spiro atoms. The van der Waals surface area contributed by atoms with Crippen LogP contribution in [0.1, 0.15) is 24.0 Å². The van der Waals surface area contributed by atoms with Gasteiger partial charge < -0.3 is 10.6 Å². The maximum atomic E-state index is 11.8. The fraction of sp³-hybridized carbons (Fsp3) is 0.300. The van der Waals surface area contributed by atoms with Gasteiger partial charge in [-0.15, -0.1) is 0 Å². The third kappa shape index (κ3) is 9.73. The van der Waals surface area contributed by atoms with Crippen LogP contribution in [0.3, 0.4) is 0 Å². The van der Waals surface area contributed by atoms with E-state index in [2.05, 4.69) is 10.6 Å². The molecule has 0 heterocycles. The minimum absolute atomic E-state index is 0.0174. The molecule has 0 unspecified atom stereocenters. The zero-order valence-corrected chi connectivity index (χ0v) is 18.4. The highest BCUT2D eigenvalue weighted by atomic mass is 35.5. The molecule has 150 valence electrons. The summed E-state index contributed by atoms with van der Waals surface area (Å²) in [4.78, 5) is 23.7. The Morgan fingerprint density at radius 3 is 1.39 bits per heavy atom. The monoisotopic (exact) mass is 456 g/mol. The van der Waals surface area contributed by atoms with E-state index in [0.29, 0.717) is 47.5 Å². The zero-order valence-electron chi connectivity index (χ0n) is 15.3. The summed E-state index contributed by atoms with van der Waals surface area (Å²) in [5.74, 6) is 1.46. The highest BCUT2D eigenvalue weighted by Crippen LogP contribution is 2.22. The Hall–Kier alpha value is -1.34. The highest BCUT2D eigenvalue weighted by Gasteiger charge is 2.04. The molecule has 28 heavy (non-hydrogen) atoms. The van der Waals surface area contributed by atoms with Crippen molar-refractivity contribution in [3.63, 3.8) is 0 Å². The summed E-state index contributed by atoms with van der Waals surface area (Å²) >= 11 is 11.7. The highest BCUT2D eigenvalue weighted by molar-refractivity contribution is 8.76. The molecule has 0 atom stereocenters. The number of amides is 2. The molecule has 0 saturated heterocycles. The standard InChI is InChI=1S/C20H22Cl2N2O2S2/c21-17-5-1-15(2-6-17)13-23-19(25)9-11-27-28-12-10-20(26)24-14-16-3-7-18(22)8-4-16/h1-8H,9-14H2,(H,23,25)(H,24,26). The van der Waals surface area contributed by atoms with Crippen LogP contribution in [0.25, 0.3) is 0 Å².